The fourth-order valence-electron chi connectivity index (χ4n) is 2.00. The van der Waals surface area contributed by atoms with Gasteiger partial charge in [-0.2, -0.15) is 5.10 Å². The summed E-state index contributed by atoms with van der Waals surface area (Å²) in [5.74, 6) is 0.819. The first-order chi connectivity index (χ1) is 10.2. The number of halogens is 1. The quantitative estimate of drug-likeness (QED) is 0.450. The molecule has 1 heterocycles. The Morgan fingerprint density at radius 1 is 1.32 bits per heavy atom. The molecule has 0 bridgehead atoms. The molecule has 5 nitrogen and oxygen atoms in total. The van der Waals surface area contributed by atoms with Crippen molar-refractivity contribution in [3.8, 4) is 5.69 Å². The number of hydrogen-bond donors (Lipinski definition) is 2. The molecule has 0 aliphatic carbocycles. The minimum atomic E-state index is 0. The van der Waals surface area contributed by atoms with Crippen LogP contribution < -0.4 is 10.6 Å². The summed E-state index contributed by atoms with van der Waals surface area (Å²) in [5, 5.41) is 11.0. The van der Waals surface area contributed by atoms with Gasteiger partial charge >= 0.3 is 0 Å². The van der Waals surface area contributed by atoms with Crippen LogP contribution in [-0.2, 0) is 6.54 Å². The molecular formula is C16H24IN5. The predicted octanol–water partition coefficient (Wildman–Crippen LogP) is 2.95. The number of aliphatic imine (C=N–C) groups is 1. The zero-order chi connectivity index (χ0) is 15.1. The van der Waals surface area contributed by atoms with E-state index in [0.717, 1.165) is 18.1 Å². The number of guanidine groups is 1. The van der Waals surface area contributed by atoms with Gasteiger partial charge in [0.05, 0.1) is 5.69 Å². The van der Waals surface area contributed by atoms with E-state index in [0.29, 0.717) is 12.6 Å². The van der Waals surface area contributed by atoms with Crippen LogP contribution in [0.5, 0.6) is 0 Å². The summed E-state index contributed by atoms with van der Waals surface area (Å²) < 4.78 is 1.88. The minimum absolute atomic E-state index is 0. The van der Waals surface area contributed by atoms with Crippen LogP contribution in [0.25, 0.3) is 5.69 Å². The third kappa shape index (κ3) is 5.01. The molecule has 120 valence electrons. The third-order valence-corrected chi connectivity index (χ3v) is 3.41. The normalized spacial score (nSPS) is 12.4. The highest BCUT2D eigenvalue weighted by molar-refractivity contribution is 14.0. The smallest absolute Gasteiger partial charge is 0.191 e. The number of hydrogen-bond acceptors (Lipinski definition) is 2. The topological polar surface area (TPSA) is 54.2 Å². The maximum atomic E-state index is 4.30. The SMILES string of the molecule is CCC(C)NC(=NC)NCc1ccccc1-n1cccn1.I. The van der Waals surface area contributed by atoms with Crippen LogP contribution in [0, 0.1) is 0 Å². The van der Waals surface area contributed by atoms with Crippen molar-refractivity contribution in [2.24, 2.45) is 4.99 Å². The van der Waals surface area contributed by atoms with Gasteiger partial charge in [-0.15, -0.1) is 24.0 Å². The van der Waals surface area contributed by atoms with Gasteiger partial charge in [-0.25, -0.2) is 4.68 Å². The summed E-state index contributed by atoms with van der Waals surface area (Å²) in [6, 6.07) is 10.5. The Kier molecular flexibility index (Phi) is 7.94. The first-order valence-electron chi connectivity index (χ1n) is 7.29. The molecule has 2 N–H and O–H groups in total. The van der Waals surface area contributed by atoms with Crippen molar-refractivity contribution in [3.63, 3.8) is 0 Å². The highest BCUT2D eigenvalue weighted by atomic mass is 127. The van der Waals surface area contributed by atoms with Gasteiger partial charge in [0.25, 0.3) is 0 Å². The average molecular weight is 413 g/mol. The lowest BCUT2D eigenvalue weighted by Crippen LogP contribution is -2.41. The Bertz CT molecular complexity index is 580. The third-order valence-electron chi connectivity index (χ3n) is 3.41. The Balaban J connectivity index is 0.00000242. The maximum Gasteiger partial charge on any atom is 0.191 e. The fraction of sp³-hybridized carbons (Fsp3) is 0.375. The molecule has 2 rings (SSSR count). The second-order valence-electron chi connectivity index (χ2n) is 4.96. The first-order valence-corrected chi connectivity index (χ1v) is 7.29. The van der Waals surface area contributed by atoms with E-state index in [2.05, 4.69) is 46.7 Å². The molecule has 6 heteroatoms. The van der Waals surface area contributed by atoms with Crippen LogP contribution in [0.4, 0.5) is 0 Å². The van der Waals surface area contributed by atoms with Crippen molar-refractivity contribution in [1.29, 1.82) is 0 Å². The van der Waals surface area contributed by atoms with Gasteiger partial charge in [0.2, 0.25) is 0 Å². The van der Waals surface area contributed by atoms with E-state index in [1.165, 1.54) is 5.56 Å². The first kappa shape index (κ1) is 18.5. The average Bonchev–Trinajstić information content (AvgIpc) is 3.05. The number of nitrogens with one attached hydrogen (secondary N) is 2. The van der Waals surface area contributed by atoms with Crippen molar-refractivity contribution in [1.82, 2.24) is 20.4 Å². The van der Waals surface area contributed by atoms with Crippen LogP contribution in [0.3, 0.4) is 0 Å². The van der Waals surface area contributed by atoms with Crippen molar-refractivity contribution in [2.75, 3.05) is 7.05 Å². The fourth-order valence-corrected chi connectivity index (χ4v) is 2.00. The van der Waals surface area contributed by atoms with Crippen LogP contribution in [0.1, 0.15) is 25.8 Å². The van der Waals surface area contributed by atoms with E-state index >= 15 is 0 Å². The summed E-state index contributed by atoms with van der Waals surface area (Å²) in [6.45, 7) is 4.99. The van der Waals surface area contributed by atoms with E-state index in [1.54, 1.807) is 13.2 Å². The molecule has 2 aromatic rings. The molecule has 0 saturated heterocycles. The van der Waals surface area contributed by atoms with Crippen LogP contribution in [0.2, 0.25) is 0 Å². The lowest BCUT2D eigenvalue weighted by Gasteiger charge is -2.17. The van der Waals surface area contributed by atoms with Gasteiger partial charge in [0, 0.05) is 32.0 Å². The standard InChI is InChI=1S/C16H23N5.HI/c1-4-13(2)20-16(17-3)18-12-14-8-5-6-9-15(14)21-11-7-10-19-21;/h5-11,13H,4,12H2,1-3H3,(H2,17,18,20);1H. The zero-order valence-electron chi connectivity index (χ0n) is 13.3. The predicted molar refractivity (Wildman–Crippen MR) is 102 cm³/mol. The van der Waals surface area contributed by atoms with E-state index in [-0.39, 0.29) is 24.0 Å². The van der Waals surface area contributed by atoms with Gasteiger partial charge in [0.15, 0.2) is 5.96 Å². The van der Waals surface area contributed by atoms with Gasteiger partial charge in [-0.05, 0) is 31.0 Å². The van der Waals surface area contributed by atoms with Crippen molar-refractivity contribution >= 4 is 29.9 Å². The Hall–Kier alpha value is -1.57. The molecule has 22 heavy (non-hydrogen) atoms. The van der Waals surface area contributed by atoms with Gasteiger partial charge in [-0.1, -0.05) is 25.1 Å². The molecule has 1 aromatic carbocycles. The van der Waals surface area contributed by atoms with E-state index < -0.39 is 0 Å². The molecule has 0 aliphatic rings. The highest BCUT2D eigenvalue weighted by Gasteiger charge is 2.06. The summed E-state index contributed by atoms with van der Waals surface area (Å²) in [7, 11) is 1.79. The summed E-state index contributed by atoms with van der Waals surface area (Å²) in [6.07, 6.45) is 4.79. The number of para-hydroxylation sites is 1. The van der Waals surface area contributed by atoms with Gasteiger partial charge < -0.3 is 10.6 Å². The molecule has 0 radical (unpaired) electrons. The van der Waals surface area contributed by atoms with Crippen LogP contribution >= 0.6 is 24.0 Å². The second kappa shape index (κ2) is 9.45. The molecule has 0 aliphatic heterocycles. The Labute approximate surface area is 149 Å². The van der Waals surface area contributed by atoms with Crippen LogP contribution in [-0.4, -0.2) is 28.8 Å². The van der Waals surface area contributed by atoms with Crippen molar-refractivity contribution < 1.29 is 0 Å². The second-order valence-corrected chi connectivity index (χ2v) is 4.96. The van der Waals surface area contributed by atoms with Gasteiger partial charge in [0.1, 0.15) is 0 Å². The molecular weight excluding hydrogens is 389 g/mol. The monoisotopic (exact) mass is 413 g/mol. The van der Waals surface area contributed by atoms with E-state index in [9.17, 15) is 0 Å². The zero-order valence-corrected chi connectivity index (χ0v) is 15.6. The molecule has 0 fully saturated rings. The van der Waals surface area contributed by atoms with Crippen LogP contribution in [0.15, 0.2) is 47.7 Å². The van der Waals surface area contributed by atoms with Gasteiger partial charge in [-0.3, -0.25) is 4.99 Å². The number of nitrogens with zero attached hydrogens (tertiary/aromatic N) is 3. The number of rotatable bonds is 5. The molecule has 0 saturated carbocycles. The Morgan fingerprint density at radius 2 is 2.09 bits per heavy atom. The molecule has 0 spiro atoms. The molecule has 1 aromatic heterocycles. The van der Waals surface area contributed by atoms with E-state index in [1.807, 2.05) is 29.1 Å². The lowest BCUT2D eigenvalue weighted by molar-refractivity contribution is 0.624. The largest absolute Gasteiger partial charge is 0.354 e. The minimum Gasteiger partial charge on any atom is -0.354 e. The molecule has 1 unspecified atom stereocenters. The molecule has 1 atom stereocenters. The molecule has 0 amide bonds. The number of aromatic nitrogens is 2. The number of benzene rings is 1. The lowest BCUT2D eigenvalue weighted by atomic mass is 10.2. The Morgan fingerprint density at radius 3 is 2.73 bits per heavy atom. The van der Waals surface area contributed by atoms with Crippen molar-refractivity contribution in [3.05, 3.63) is 48.3 Å². The summed E-state index contributed by atoms with van der Waals surface area (Å²) in [5.41, 5.74) is 2.25. The van der Waals surface area contributed by atoms with Crippen molar-refractivity contribution in [2.45, 2.75) is 32.9 Å². The highest BCUT2D eigenvalue weighted by Crippen LogP contribution is 2.12. The summed E-state index contributed by atoms with van der Waals surface area (Å²) in [4.78, 5) is 4.26. The summed E-state index contributed by atoms with van der Waals surface area (Å²) >= 11 is 0. The van der Waals surface area contributed by atoms with E-state index in [4.69, 9.17) is 0 Å². The maximum absolute atomic E-state index is 4.30.